The number of hydrogen-bond acceptors (Lipinski definition) is 4. The molecule has 0 radical (unpaired) electrons. The maximum Gasteiger partial charge on any atom is 0.343 e. The van der Waals surface area contributed by atoms with Crippen LogP contribution in [0.1, 0.15) is 33.6 Å². The van der Waals surface area contributed by atoms with Gasteiger partial charge in [-0.2, -0.15) is 0 Å². The number of aromatic nitrogens is 3. The van der Waals surface area contributed by atoms with E-state index in [1.165, 1.54) is 0 Å². The summed E-state index contributed by atoms with van der Waals surface area (Å²) in [5, 5.41) is 10.7. The molecule has 1 aromatic heterocycles. The predicted molar refractivity (Wildman–Crippen MR) is 71.6 cm³/mol. The molecule has 0 aromatic carbocycles. The van der Waals surface area contributed by atoms with E-state index in [2.05, 4.69) is 29.4 Å². The maximum atomic E-state index is 11.3. The molecular weight excluding hydrogens is 236 g/mol. The summed E-state index contributed by atoms with van der Waals surface area (Å²) in [7, 11) is 0. The molecular formula is C11H22N4OS. The van der Waals surface area contributed by atoms with Crippen molar-refractivity contribution in [3.8, 4) is 0 Å². The second-order valence-corrected chi connectivity index (χ2v) is 5.11. The molecule has 1 aromatic rings. The molecule has 1 atom stereocenters. The quantitative estimate of drug-likeness (QED) is 0.693. The van der Waals surface area contributed by atoms with Crippen LogP contribution in [0.3, 0.4) is 0 Å². The van der Waals surface area contributed by atoms with Crippen molar-refractivity contribution in [3.63, 3.8) is 0 Å². The zero-order valence-electron chi connectivity index (χ0n) is 10.8. The Labute approximate surface area is 106 Å². The van der Waals surface area contributed by atoms with Gasteiger partial charge in [-0.1, -0.05) is 18.7 Å². The van der Waals surface area contributed by atoms with E-state index in [0.717, 1.165) is 30.3 Å². The van der Waals surface area contributed by atoms with Gasteiger partial charge in [0.05, 0.1) is 0 Å². The highest BCUT2D eigenvalue weighted by molar-refractivity contribution is 7.99. The van der Waals surface area contributed by atoms with Gasteiger partial charge in [0.2, 0.25) is 0 Å². The molecule has 1 unspecified atom stereocenters. The van der Waals surface area contributed by atoms with Gasteiger partial charge in [-0.25, -0.2) is 9.89 Å². The molecule has 17 heavy (non-hydrogen) atoms. The highest BCUT2D eigenvalue weighted by atomic mass is 32.2. The molecule has 5 nitrogen and oxygen atoms in total. The summed E-state index contributed by atoms with van der Waals surface area (Å²) in [6.07, 6.45) is 2.24. The smallest absolute Gasteiger partial charge is 0.314 e. The third kappa shape index (κ3) is 4.55. The van der Waals surface area contributed by atoms with E-state index in [4.69, 9.17) is 0 Å². The van der Waals surface area contributed by atoms with Crippen LogP contribution in [0, 0.1) is 0 Å². The lowest BCUT2D eigenvalue weighted by Gasteiger charge is -2.12. The minimum absolute atomic E-state index is 0.118. The van der Waals surface area contributed by atoms with Gasteiger partial charge in [0, 0.05) is 18.3 Å². The molecule has 0 fully saturated rings. The standard InChI is InChI=1S/C11H22N4OS/c1-4-7-12-9(3)6-8-17-11-14-13-10(16)15(11)5-2/h9,12H,4-8H2,1-3H3,(H,13,16). The number of rotatable bonds is 8. The molecule has 0 bridgehead atoms. The Morgan fingerprint density at radius 1 is 1.53 bits per heavy atom. The topological polar surface area (TPSA) is 62.7 Å². The van der Waals surface area contributed by atoms with Crippen LogP contribution in [0.15, 0.2) is 9.95 Å². The lowest BCUT2D eigenvalue weighted by atomic mass is 10.2. The van der Waals surface area contributed by atoms with E-state index in [1.807, 2.05) is 6.92 Å². The summed E-state index contributed by atoms with van der Waals surface area (Å²) in [6.45, 7) is 8.04. The summed E-state index contributed by atoms with van der Waals surface area (Å²) < 4.78 is 1.66. The highest BCUT2D eigenvalue weighted by Crippen LogP contribution is 2.14. The molecule has 2 N–H and O–H groups in total. The van der Waals surface area contributed by atoms with Crippen LogP contribution in [0.25, 0.3) is 0 Å². The summed E-state index contributed by atoms with van der Waals surface area (Å²) in [6, 6.07) is 0.517. The molecule has 0 amide bonds. The van der Waals surface area contributed by atoms with Crippen LogP contribution >= 0.6 is 11.8 Å². The molecule has 0 aliphatic rings. The van der Waals surface area contributed by atoms with Gasteiger partial charge in [-0.05, 0) is 33.2 Å². The van der Waals surface area contributed by atoms with Crippen molar-refractivity contribution >= 4 is 11.8 Å². The van der Waals surface area contributed by atoms with Crippen molar-refractivity contribution in [2.45, 2.75) is 51.4 Å². The Morgan fingerprint density at radius 2 is 2.29 bits per heavy atom. The molecule has 0 saturated heterocycles. The van der Waals surface area contributed by atoms with Gasteiger partial charge >= 0.3 is 5.69 Å². The van der Waals surface area contributed by atoms with Gasteiger partial charge in [0.1, 0.15) is 0 Å². The van der Waals surface area contributed by atoms with Gasteiger partial charge in [-0.3, -0.25) is 4.57 Å². The zero-order valence-corrected chi connectivity index (χ0v) is 11.6. The zero-order chi connectivity index (χ0) is 12.7. The van der Waals surface area contributed by atoms with Crippen molar-refractivity contribution in [3.05, 3.63) is 10.5 Å². The number of nitrogens with zero attached hydrogens (tertiary/aromatic N) is 2. The number of nitrogens with one attached hydrogen (secondary N) is 2. The molecule has 98 valence electrons. The molecule has 0 aliphatic carbocycles. The fourth-order valence-corrected chi connectivity index (χ4v) is 2.64. The average Bonchev–Trinajstić information content (AvgIpc) is 2.67. The van der Waals surface area contributed by atoms with E-state index in [1.54, 1.807) is 16.3 Å². The normalized spacial score (nSPS) is 12.9. The maximum absolute atomic E-state index is 11.3. The van der Waals surface area contributed by atoms with E-state index in [-0.39, 0.29) is 5.69 Å². The Kier molecular flexibility index (Phi) is 6.36. The van der Waals surface area contributed by atoms with Crippen LogP contribution in [-0.4, -0.2) is 33.1 Å². The first-order valence-electron chi connectivity index (χ1n) is 6.20. The average molecular weight is 258 g/mol. The molecule has 1 heterocycles. The first-order valence-corrected chi connectivity index (χ1v) is 7.19. The van der Waals surface area contributed by atoms with E-state index in [0.29, 0.717) is 12.6 Å². The number of H-pyrrole nitrogens is 1. The molecule has 0 saturated carbocycles. The van der Waals surface area contributed by atoms with E-state index >= 15 is 0 Å². The highest BCUT2D eigenvalue weighted by Gasteiger charge is 2.07. The molecule has 0 spiro atoms. The van der Waals surface area contributed by atoms with Crippen molar-refractivity contribution in [1.29, 1.82) is 0 Å². The fourth-order valence-electron chi connectivity index (χ4n) is 1.51. The Bertz CT molecular complexity index is 374. The van der Waals surface area contributed by atoms with Crippen LogP contribution in [-0.2, 0) is 6.54 Å². The summed E-state index contributed by atoms with van der Waals surface area (Å²) >= 11 is 1.63. The Balaban J connectivity index is 2.33. The minimum atomic E-state index is -0.118. The van der Waals surface area contributed by atoms with Crippen molar-refractivity contribution < 1.29 is 0 Å². The van der Waals surface area contributed by atoms with Gasteiger partial charge in [0.25, 0.3) is 0 Å². The Morgan fingerprint density at radius 3 is 2.94 bits per heavy atom. The summed E-state index contributed by atoms with van der Waals surface area (Å²) in [4.78, 5) is 11.3. The first-order chi connectivity index (χ1) is 8.19. The van der Waals surface area contributed by atoms with Gasteiger partial charge < -0.3 is 5.32 Å². The van der Waals surface area contributed by atoms with Crippen LogP contribution in [0.2, 0.25) is 0 Å². The lowest BCUT2D eigenvalue weighted by Crippen LogP contribution is -2.27. The molecule has 6 heteroatoms. The number of hydrogen-bond donors (Lipinski definition) is 2. The molecule has 0 aliphatic heterocycles. The molecule has 1 rings (SSSR count). The number of thioether (sulfide) groups is 1. The second-order valence-electron chi connectivity index (χ2n) is 4.05. The monoisotopic (exact) mass is 258 g/mol. The fraction of sp³-hybridized carbons (Fsp3) is 0.818. The van der Waals surface area contributed by atoms with Gasteiger partial charge in [-0.15, -0.1) is 5.10 Å². The first kappa shape index (κ1) is 14.3. The van der Waals surface area contributed by atoms with Crippen LogP contribution in [0.5, 0.6) is 0 Å². The Hall–Kier alpha value is -0.750. The largest absolute Gasteiger partial charge is 0.343 e. The number of aromatic amines is 1. The lowest BCUT2D eigenvalue weighted by molar-refractivity contribution is 0.535. The summed E-state index contributed by atoms with van der Waals surface area (Å²) in [5.41, 5.74) is -0.118. The second kappa shape index (κ2) is 7.55. The minimum Gasteiger partial charge on any atom is -0.314 e. The van der Waals surface area contributed by atoms with Crippen molar-refractivity contribution in [2.75, 3.05) is 12.3 Å². The summed E-state index contributed by atoms with van der Waals surface area (Å²) in [5.74, 6) is 0.974. The van der Waals surface area contributed by atoms with Crippen LogP contribution in [0.4, 0.5) is 0 Å². The van der Waals surface area contributed by atoms with Crippen molar-refractivity contribution in [1.82, 2.24) is 20.1 Å². The van der Waals surface area contributed by atoms with E-state index in [9.17, 15) is 4.79 Å². The van der Waals surface area contributed by atoms with Crippen LogP contribution < -0.4 is 11.0 Å². The third-order valence-corrected chi connectivity index (χ3v) is 3.57. The third-order valence-electron chi connectivity index (χ3n) is 2.56. The van der Waals surface area contributed by atoms with Crippen molar-refractivity contribution in [2.24, 2.45) is 0 Å². The SMILES string of the molecule is CCCNC(C)CCSc1n[nH]c(=O)n1CC. The predicted octanol–water partition coefficient (Wildman–Crippen LogP) is 1.46. The van der Waals surface area contributed by atoms with E-state index < -0.39 is 0 Å². The van der Waals surface area contributed by atoms with Gasteiger partial charge in [0.15, 0.2) is 5.16 Å².